The highest BCUT2D eigenvalue weighted by atomic mass is 32.2. The molecule has 2 aromatic rings. The summed E-state index contributed by atoms with van der Waals surface area (Å²) in [6.45, 7) is 0. The van der Waals surface area contributed by atoms with E-state index in [1.165, 1.54) is 11.8 Å². The molecule has 0 bridgehead atoms. The van der Waals surface area contributed by atoms with Gasteiger partial charge in [-0.05, 0) is 12.5 Å². The van der Waals surface area contributed by atoms with Crippen LogP contribution in [0.2, 0.25) is 0 Å². The standard InChI is InChI=1S/C9H13N5S2/c1-14(2)7-5-6(11-8(10-5)15-3)12-9(13-7)16-4/h1-4H3,(H,10,11,12,13). The van der Waals surface area contributed by atoms with Crippen molar-refractivity contribution in [3.05, 3.63) is 0 Å². The highest BCUT2D eigenvalue weighted by molar-refractivity contribution is 7.98. The third-order valence-electron chi connectivity index (χ3n) is 2.09. The lowest BCUT2D eigenvalue weighted by Gasteiger charge is -2.11. The number of aromatic nitrogens is 4. The molecule has 2 heterocycles. The average Bonchev–Trinajstić information content (AvgIpc) is 2.69. The van der Waals surface area contributed by atoms with E-state index in [9.17, 15) is 0 Å². The van der Waals surface area contributed by atoms with Gasteiger partial charge in [-0.25, -0.2) is 15.0 Å². The zero-order chi connectivity index (χ0) is 11.7. The second-order valence-electron chi connectivity index (χ2n) is 3.37. The smallest absolute Gasteiger partial charge is 0.191 e. The van der Waals surface area contributed by atoms with Gasteiger partial charge >= 0.3 is 0 Å². The normalized spacial score (nSPS) is 11.0. The molecular weight excluding hydrogens is 242 g/mol. The maximum Gasteiger partial charge on any atom is 0.191 e. The van der Waals surface area contributed by atoms with Crippen molar-refractivity contribution >= 4 is 40.5 Å². The fourth-order valence-corrected chi connectivity index (χ4v) is 2.09. The van der Waals surface area contributed by atoms with E-state index in [4.69, 9.17) is 0 Å². The highest BCUT2D eigenvalue weighted by Crippen LogP contribution is 2.25. The van der Waals surface area contributed by atoms with Crippen molar-refractivity contribution in [2.45, 2.75) is 10.3 Å². The van der Waals surface area contributed by atoms with Crippen LogP contribution in [0.15, 0.2) is 10.3 Å². The lowest BCUT2D eigenvalue weighted by Crippen LogP contribution is -2.12. The molecule has 0 saturated heterocycles. The first-order valence-electron chi connectivity index (χ1n) is 4.68. The number of anilines is 1. The summed E-state index contributed by atoms with van der Waals surface area (Å²) in [5.74, 6) is 0.877. The van der Waals surface area contributed by atoms with Crippen LogP contribution in [-0.2, 0) is 0 Å². The minimum Gasteiger partial charge on any atom is -0.361 e. The summed E-state index contributed by atoms with van der Waals surface area (Å²) in [5.41, 5.74) is 1.62. The average molecular weight is 255 g/mol. The number of aromatic amines is 1. The third-order valence-corrected chi connectivity index (χ3v) is 3.22. The van der Waals surface area contributed by atoms with Crippen LogP contribution < -0.4 is 4.90 Å². The molecule has 0 aliphatic rings. The van der Waals surface area contributed by atoms with Crippen LogP contribution in [0.25, 0.3) is 11.2 Å². The molecule has 0 fully saturated rings. The number of nitrogens with one attached hydrogen (secondary N) is 1. The van der Waals surface area contributed by atoms with E-state index in [0.717, 1.165) is 27.3 Å². The number of hydrogen-bond donors (Lipinski definition) is 1. The number of H-pyrrole nitrogens is 1. The molecule has 0 spiro atoms. The monoisotopic (exact) mass is 255 g/mol. The first kappa shape index (κ1) is 11.5. The number of hydrogen-bond acceptors (Lipinski definition) is 6. The maximum atomic E-state index is 4.46. The van der Waals surface area contributed by atoms with Gasteiger partial charge in [0.15, 0.2) is 21.8 Å². The molecule has 2 aromatic heterocycles. The third kappa shape index (κ3) is 1.97. The first-order chi connectivity index (χ1) is 7.65. The molecule has 0 amide bonds. The first-order valence-corrected chi connectivity index (χ1v) is 7.13. The van der Waals surface area contributed by atoms with Crippen molar-refractivity contribution in [3.8, 4) is 0 Å². The molecule has 16 heavy (non-hydrogen) atoms. The number of rotatable bonds is 3. The molecule has 0 aliphatic heterocycles. The second kappa shape index (κ2) is 4.50. The molecule has 86 valence electrons. The Morgan fingerprint density at radius 3 is 2.38 bits per heavy atom. The second-order valence-corrected chi connectivity index (χ2v) is 4.94. The fourth-order valence-electron chi connectivity index (χ4n) is 1.35. The molecule has 1 N–H and O–H groups in total. The van der Waals surface area contributed by atoms with Gasteiger partial charge < -0.3 is 9.88 Å². The molecular formula is C9H13N5S2. The summed E-state index contributed by atoms with van der Waals surface area (Å²) in [6, 6.07) is 0. The quantitative estimate of drug-likeness (QED) is 0.667. The molecule has 0 aliphatic carbocycles. The number of nitrogens with zero attached hydrogens (tertiary/aromatic N) is 4. The van der Waals surface area contributed by atoms with E-state index in [0.29, 0.717) is 0 Å². The van der Waals surface area contributed by atoms with Crippen LogP contribution in [-0.4, -0.2) is 46.5 Å². The van der Waals surface area contributed by atoms with Gasteiger partial charge in [-0.1, -0.05) is 23.5 Å². The summed E-state index contributed by atoms with van der Waals surface area (Å²) in [7, 11) is 3.93. The lowest BCUT2D eigenvalue weighted by atomic mass is 10.5. The topological polar surface area (TPSA) is 57.7 Å². The Morgan fingerprint density at radius 1 is 1.06 bits per heavy atom. The van der Waals surface area contributed by atoms with E-state index in [1.54, 1.807) is 11.8 Å². The van der Waals surface area contributed by atoms with E-state index < -0.39 is 0 Å². The zero-order valence-electron chi connectivity index (χ0n) is 9.61. The van der Waals surface area contributed by atoms with Gasteiger partial charge in [0.25, 0.3) is 0 Å². The van der Waals surface area contributed by atoms with Crippen LogP contribution in [0.5, 0.6) is 0 Å². The molecule has 7 heteroatoms. The van der Waals surface area contributed by atoms with Gasteiger partial charge in [-0.15, -0.1) is 0 Å². The Balaban J connectivity index is 2.69. The Morgan fingerprint density at radius 2 is 1.81 bits per heavy atom. The van der Waals surface area contributed by atoms with Crippen LogP contribution >= 0.6 is 23.5 Å². The van der Waals surface area contributed by atoms with E-state index >= 15 is 0 Å². The molecule has 2 rings (SSSR count). The van der Waals surface area contributed by atoms with Crippen LogP contribution in [0.3, 0.4) is 0 Å². The van der Waals surface area contributed by atoms with Gasteiger partial charge in [0.2, 0.25) is 0 Å². The van der Waals surface area contributed by atoms with Crippen molar-refractivity contribution in [2.75, 3.05) is 31.5 Å². The summed E-state index contributed by atoms with van der Waals surface area (Å²) < 4.78 is 0. The number of imidazole rings is 1. The summed E-state index contributed by atoms with van der Waals surface area (Å²) in [5, 5.41) is 1.61. The summed E-state index contributed by atoms with van der Waals surface area (Å²) in [6.07, 6.45) is 3.94. The van der Waals surface area contributed by atoms with Crippen LogP contribution in [0.4, 0.5) is 5.82 Å². The Hall–Kier alpha value is -0.950. The van der Waals surface area contributed by atoms with Gasteiger partial charge in [0.05, 0.1) is 0 Å². The largest absolute Gasteiger partial charge is 0.361 e. The zero-order valence-corrected chi connectivity index (χ0v) is 11.2. The minimum absolute atomic E-state index is 0.729. The van der Waals surface area contributed by atoms with Gasteiger partial charge in [-0.3, -0.25) is 0 Å². The van der Waals surface area contributed by atoms with Gasteiger partial charge in [0, 0.05) is 14.1 Å². The number of fused-ring (bicyclic) bond motifs is 1. The predicted octanol–water partition coefficient (Wildman–Crippen LogP) is 1.86. The van der Waals surface area contributed by atoms with Crippen molar-refractivity contribution < 1.29 is 0 Å². The Kier molecular flexibility index (Phi) is 3.25. The van der Waals surface area contributed by atoms with E-state index in [1.807, 2.05) is 31.5 Å². The van der Waals surface area contributed by atoms with Crippen molar-refractivity contribution in [2.24, 2.45) is 0 Å². The molecule has 0 aromatic carbocycles. The molecule has 0 unspecified atom stereocenters. The Bertz CT molecular complexity index is 508. The minimum atomic E-state index is 0.729. The van der Waals surface area contributed by atoms with Crippen LogP contribution in [0.1, 0.15) is 0 Å². The molecule has 0 atom stereocenters. The van der Waals surface area contributed by atoms with Crippen molar-refractivity contribution in [3.63, 3.8) is 0 Å². The van der Waals surface area contributed by atoms with Crippen LogP contribution in [0, 0.1) is 0 Å². The summed E-state index contributed by atoms with van der Waals surface area (Å²) in [4.78, 5) is 18.4. The predicted molar refractivity (Wildman–Crippen MR) is 69.6 cm³/mol. The molecule has 0 radical (unpaired) electrons. The van der Waals surface area contributed by atoms with Crippen molar-refractivity contribution in [1.29, 1.82) is 0 Å². The van der Waals surface area contributed by atoms with E-state index in [2.05, 4.69) is 19.9 Å². The maximum absolute atomic E-state index is 4.46. The molecule has 5 nitrogen and oxygen atoms in total. The fraction of sp³-hybridized carbons (Fsp3) is 0.444. The SMILES string of the molecule is CSc1nc(N(C)C)c2[nH]c(SC)nc2n1. The van der Waals surface area contributed by atoms with E-state index in [-0.39, 0.29) is 0 Å². The molecule has 0 saturated carbocycles. The lowest BCUT2D eigenvalue weighted by molar-refractivity contribution is 0.953. The van der Waals surface area contributed by atoms with Gasteiger partial charge in [-0.2, -0.15) is 0 Å². The highest BCUT2D eigenvalue weighted by Gasteiger charge is 2.13. The Labute approximate surface area is 102 Å². The van der Waals surface area contributed by atoms with Gasteiger partial charge in [0.1, 0.15) is 5.52 Å². The summed E-state index contributed by atoms with van der Waals surface area (Å²) >= 11 is 3.09. The van der Waals surface area contributed by atoms with Crippen molar-refractivity contribution in [1.82, 2.24) is 19.9 Å². The number of thioether (sulfide) groups is 2.